The van der Waals surface area contributed by atoms with Crippen molar-refractivity contribution in [2.45, 2.75) is 6.42 Å². The van der Waals surface area contributed by atoms with E-state index in [1.165, 1.54) is 0 Å². The van der Waals surface area contributed by atoms with Crippen molar-refractivity contribution in [2.75, 3.05) is 29.9 Å². The van der Waals surface area contributed by atoms with Crippen LogP contribution in [0.4, 0.5) is 5.69 Å². The number of fused-ring (bicyclic) bond motifs is 3. The molecular weight excluding hydrogens is 494 g/mol. The summed E-state index contributed by atoms with van der Waals surface area (Å²) in [7, 11) is 0. The number of aromatic nitrogens is 4. The number of aromatic hydroxyl groups is 1. The van der Waals surface area contributed by atoms with Crippen molar-refractivity contribution >= 4 is 38.0 Å². The molecule has 0 aliphatic carbocycles. The molecule has 0 radical (unpaired) electrons. The number of phenols is 1. The van der Waals surface area contributed by atoms with Gasteiger partial charge in [0.15, 0.2) is 11.5 Å². The number of hydrogen-bond acceptors (Lipinski definition) is 6. The number of halogens is 1. The van der Waals surface area contributed by atoms with Gasteiger partial charge in [0.05, 0.1) is 17.9 Å². The van der Waals surface area contributed by atoms with E-state index >= 15 is 0 Å². The zero-order valence-corrected chi connectivity index (χ0v) is 20.1. The molecular formula is C26H24BrN5O2. The van der Waals surface area contributed by atoms with Crippen LogP contribution < -0.4 is 4.90 Å². The van der Waals surface area contributed by atoms with Crippen LogP contribution in [0.2, 0.25) is 0 Å². The average molecular weight is 518 g/mol. The summed E-state index contributed by atoms with van der Waals surface area (Å²) < 4.78 is 1.72. The van der Waals surface area contributed by atoms with E-state index < -0.39 is 0 Å². The Bertz CT molecular complexity index is 1430. The Morgan fingerprint density at radius 3 is 2.32 bits per heavy atom. The maximum Gasteiger partial charge on any atom is 0.189 e. The standard InChI is InChI=1S/C26H24BrN5O2/c27-13-14-31(15-16-33)19-11-9-18(10-12-19)17-23-20-5-1-2-6-21(20)25-28-29-26(32(25)30-23)22-7-3-4-8-24(22)34/h1-12,33-34H,13-17H2. The summed E-state index contributed by atoms with van der Waals surface area (Å²) in [5, 5.41) is 36.2. The SMILES string of the molecule is OCCN(CCBr)c1ccc(Cc2nn3c(-c4ccccc4O)nnc3c3ccccc23)cc1. The first-order chi connectivity index (χ1) is 16.7. The quantitative estimate of drug-likeness (QED) is 0.296. The number of benzene rings is 3. The molecule has 0 bridgehead atoms. The number of alkyl halides is 1. The van der Waals surface area contributed by atoms with Gasteiger partial charge in [-0.05, 0) is 29.8 Å². The van der Waals surface area contributed by atoms with Gasteiger partial charge in [0.25, 0.3) is 0 Å². The fourth-order valence-electron chi connectivity index (χ4n) is 4.22. The predicted molar refractivity (Wildman–Crippen MR) is 138 cm³/mol. The number of anilines is 1. The van der Waals surface area contributed by atoms with Gasteiger partial charge in [-0.1, -0.05) is 64.5 Å². The molecule has 0 spiro atoms. The van der Waals surface area contributed by atoms with E-state index in [0.717, 1.165) is 39.6 Å². The van der Waals surface area contributed by atoms with E-state index in [2.05, 4.69) is 61.4 Å². The van der Waals surface area contributed by atoms with Gasteiger partial charge in [0.1, 0.15) is 5.75 Å². The van der Waals surface area contributed by atoms with E-state index in [-0.39, 0.29) is 12.4 Å². The molecule has 0 amide bonds. The van der Waals surface area contributed by atoms with Gasteiger partial charge in [-0.3, -0.25) is 0 Å². The third-order valence-electron chi connectivity index (χ3n) is 5.88. The van der Waals surface area contributed by atoms with E-state index in [0.29, 0.717) is 30.0 Å². The number of para-hydroxylation sites is 1. The van der Waals surface area contributed by atoms with Crippen molar-refractivity contribution < 1.29 is 10.2 Å². The van der Waals surface area contributed by atoms with E-state index in [1.54, 1.807) is 16.6 Å². The number of hydrogen-bond donors (Lipinski definition) is 2. The number of rotatable bonds is 8. The molecule has 0 aliphatic rings. The van der Waals surface area contributed by atoms with Crippen molar-refractivity contribution in [3.8, 4) is 17.1 Å². The molecule has 0 atom stereocenters. The number of aliphatic hydroxyl groups excluding tert-OH is 1. The minimum Gasteiger partial charge on any atom is -0.507 e. The van der Waals surface area contributed by atoms with Crippen molar-refractivity contribution in [3.63, 3.8) is 0 Å². The Morgan fingerprint density at radius 2 is 1.59 bits per heavy atom. The first kappa shape index (κ1) is 22.3. The smallest absolute Gasteiger partial charge is 0.189 e. The Morgan fingerprint density at radius 1 is 0.853 bits per heavy atom. The second-order valence-corrected chi connectivity index (χ2v) is 8.80. The molecule has 0 saturated carbocycles. The van der Waals surface area contributed by atoms with Gasteiger partial charge < -0.3 is 15.1 Å². The van der Waals surface area contributed by atoms with Crippen LogP contribution in [0.5, 0.6) is 5.75 Å². The molecule has 8 heteroatoms. The van der Waals surface area contributed by atoms with Crippen LogP contribution in [-0.4, -0.2) is 55.1 Å². The minimum atomic E-state index is 0.114. The molecule has 2 heterocycles. The molecule has 172 valence electrons. The van der Waals surface area contributed by atoms with Crippen molar-refractivity contribution in [2.24, 2.45) is 0 Å². The lowest BCUT2D eigenvalue weighted by atomic mass is 10.0. The summed E-state index contributed by atoms with van der Waals surface area (Å²) in [5.41, 5.74) is 4.35. The van der Waals surface area contributed by atoms with Crippen LogP contribution >= 0.6 is 15.9 Å². The summed E-state index contributed by atoms with van der Waals surface area (Å²) in [5.74, 6) is 0.643. The van der Waals surface area contributed by atoms with Crippen molar-refractivity contribution in [1.29, 1.82) is 0 Å². The Labute approximate surface area is 205 Å². The molecule has 5 rings (SSSR count). The summed E-state index contributed by atoms with van der Waals surface area (Å²) in [6.07, 6.45) is 0.633. The van der Waals surface area contributed by atoms with Crippen LogP contribution in [0.25, 0.3) is 27.8 Å². The maximum absolute atomic E-state index is 10.4. The Kier molecular flexibility index (Phi) is 6.42. The molecule has 0 fully saturated rings. The van der Waals surface area contributed by atoms with Crippen LogP contribution in [0.3, 0.4) is 0 Å². The van der Waals surface area contributed by atoms with Crippen LogP contribution in [-0.2, 0) is 6.42 Å². The van der Waals surface area contributed by atoms with Gasteiger partial charge in [-0.25, -0.2) is 0 Å². The molecule has 2 aromatic heterocycles. The van der Waals surface area contributed by atoms with Crippen molar-refractivity contribution in [1.82, 2.24) is 19.8 Å². The van der Waals surface area contributed by atoms with E-state index in [9.17, 15) is 10.2 Å². The average Bonchev–Trinajstić information content (AvgIpc) is 3.29. The highest BCUT2D eigenvalue weighted by Crippen LogP contribution is 2.30. The van der Waals surface area contributed by atoms with Gasteiger partial charge >= 0.3 is 0 Å². The fraction of sp³-hybridized carbons (Fsp3) is 0.192. The Balaban J connectivity index is 1.56. The predicted octanol–water partition coefficient (Wildman–Crippen LogP) is 4.43. The number of phenolic OH excluding ortho intramolecular Hbond substituents is 1. The second-order valence-electron chi connectivity index (χ2n) is 8.01. The highest BCUT2D eigenvalue weighted by Gasteiger charge is 2.17. The summed E-state index contributed by atoms with van der Waals surface area (Å²) in [6, 6.07) is 23.5. The zero-order valence-electron chi connectivity index (χ0n) is 18.5. The molecule has 0 unspecified atom stereocenters. The van der Waals surface area contributed by atoms with Gasteiger partial charge in [-0.15, -0.1) is 10.2 Å². The topological polar surface area (TPSA) is 86.8 Å². The highest BCUT2D eigenvalue weighted by atomic mass is 79.9. The fourth-order valence-corrected chi connectivity index (χ4v) is 4.65. The summed E-state index contributed by atoms with van der Waals surface area (Å²) in [6.45, 7) is 1.53. The molecule has 0 saturated heterocycles. The molecule has 0 aliphatic heterocycles. The van der Waals surface area contributed by atoms with E-state index in [1.807, 2.05) is 30.3 Å². The lowest BCUT2D eigenvalue weighted by Gasteiger charge is -2.23. The van der Waals surface area contributed by atoms with Crippen molar-refractivity contribution in [3.05, 3.63) is 84.1 Å². The van der Waals surface area contributed by atoms with Gasteiger partial charge in [-0.2, -0.15) is 9.61 Å². The highest BCUT2D eigenvalue weighted by molar-refractivity contribution is 9.09. The Hall–Kier alpha value is -3.49. The lowest BCUT2D eigenvalue weighted by Crippen LogP contribution is -2.28. The van der Waals surface area contributed by atoms with Gasteiger partial charge in [0.2, 0.25) is 0 Å². The van der Waals surface area contributed by atoms with E-state index in [4.69, 9.17) is 5.10 Å². The maximum atomic E-state index is 10.4. The lowest BCUT2D eigenvalue weighted by molar-refractivity contribution is 0.302. The monoisotopic (exact) mass is 517 g/mol. The normalized spacial score (nSPS) is 11.4. The molecule has 7 nitrogen and oxygen atoms in total. The molecule has 5 aromatic rings. The van der Waals surface area contributed by atoms with Gasteiger partial charge in [0, 0.05) is 41.3 Å². The zero-order chi connectivity index (χ0) is 23.5. The number of aliphatic hydroxyl groups is 1. The van der Waals surface area contributed by atoms with Crippen LogP contribution in [0.1, 0.15) is 11.3 Å². The van der Waals surface area contributed by atoms with Crippen LogP contribution in [0, 0.1) is 0 Å². The second kappa shape index (κ2) is 9.79. The summed E-state index contributed by atoms with van der Waals surface area (Å²) >= 11 is 3.48. The minimum absolute atomic E-state index is 0.114. The van der Waals surface area contributed by atoms with Crippen LogP contribution in [0.15, 0.2) is 72.8 Å². The molecule has 3 aromatic carbocycles. The largest absolute Gasteiger partial charge is 0.507 e. The molecule has 2 N–H and O–H groups in total. The first-order valence-electron chi connectivity index (χ1n) is 11.1. The third kappa shape index (κ3) is 4.22. The number of nitrogens with zero attached hydrogens (tertiary/aromatic N) is 5. The first-order valence-corrected chi connectivity index (χ1v) is 12.2. The third-order valence-corrected chi connectivity index (χ3v) is 6.24. The molecule has 34 heavy (non-hydrogen) atoms. The summed E-state index contributed by atoms with van der Waals surface area (Å²) in [4.78, 5) is 2.15.